The Morgan fingerprint density at radius 3 is 2.70 bits per heavy atom. The number of aromatic amines is 1. The third kappa shape index (κ3) is 6.13. The van der Waals surface area contributed by atoms with Gasteiger partial charge in [0.15, 0.2) is 0 Å². The smallest absolute Gasteiger partial charge is 0.331 e. The maximum Gasteiger partial charge on any atom is 0.331 e. The molecule has 3 aromatic carbocycles. The predicted octanol–water partition coefficient (Wildman–Crippen LogP) is 4.38. The molecule has 0 radical (unpaired) electrons. The lowest BCUT2D eigenvalue weighted by molar-refractivity contribution is -0.132. The van der Waals surface area contributed by atoms with Crippen molar-refractivity contribution in [2.45, 2.75) is 50.6 Å². The molecule has 0 bridgehead atoms. The molecule has 1 amide bonds. The number of methoxy groups -OCH3 is 2. The van der Waals surface area contributed by atoms with E-state index in [1.807, 2.05) is 59.5 Å². The van der Waals surface area contributed by atoms with Crippen LogP contribution in [0.4, 0.5) is 0 Å². The van der Waals surface area contributed by atoms with Gasteiger partial charge in [-0.25, -0.2) is 9.78 Å². The highest BCUT2D eigenvalue weighted by Crippen LogP contribution is 2.30. The quantitative estimate of drug-likeness (QED) is 0.219. The van der Waals surface area contributed by atoms with E-state index >= 15 is 0 Å². The third-order valence-corrected chi connectivity index (χ3v) is 8.57. The molecule has 1 fully saturated rings. The van der Waals surface area contributed by atoms with E-state index in [1.165, 1.54) is 0 Å². The summed E-state index contributed by atoms with van der Waals surface area (Å²) in [5, 5.41) is 0. The summed E-state index contributed by atoms with van der Waals surface area (Å²) in [7, 11) is 3.33. The molecule has 2 aromatic heterocycles. The van der Waals surface area contributed by atoms with Gasteiger partial charge in [0.1, 0.15) is 11.6 Å². The molecule has 3 heterocycles. The first-order valence-corrected chi connectivity index (χ1v) is 15.3. The Kier molecular flexibility index (Phi) is 8.81. The van der Waals surface area contributed by atoms with E-state index in [-0.39, 0.29) is 30.0 Å². The number of imidazole rings is 2. The Balaban J connectivity index is 1.10. The van der Waals surface area contributed by atoms with Gasteiger partial charge in [0, 0.05) is 57.8 Å². The third-order valence-electron chi connectivity index (χ3n) is 8.57. The van der Waals surface area contributed by atoms with E-state index in [1.54, 1.807) is 18.8 Å². The van der Waals surface area contributed by atoms with Crippen molar-refractivity contribution in [3.05, 3.63) is 88.6 Å². The number of piperidine rings is 1. The number of rotatable bonds is 11. The molecular weight excluding hydrogens is 556 g/mol. The van der Waals surface area contributed by atoms with Gasteiger partial charge in [0.05, 0.1) is 34.9 Å². The Morgan fingerprint density at radius 1 is 1.09 bits per heavy atom. The molecule has 10 heteroatoms. The number of carbonyl (C=O) groups is 1. The number of hydrogen-bond acceptors (Lipinski definition) is 6. The van der Waals surface area contributed by atoms with Gasteiger partial charge < -0.3 is 29.7 Å². The first-order valence-electron chi connectivity index (χ1n) is 15.3. The van der Waals surface area contributed by atoms with Gasteiger partial charge >= 0.3 is 5.69 Å². The number of nitrogens with zero attached hydrogens (tertiary/aromatic N) is 4. The molecule has 44 heavy (non-hydrogen) atoms. The highest BCUT2D eigenvalue weighted by atomic mass is 16.5. The van der Waals surface area contributed by atoms with E-state index < -0.39 is 0 Å². The SMILES string of the molecule is COCCCn1c(C2CCCN(C(=O)CC(N)Cc3ccc(-n4c(=O)[nH]c5ccc(OC)cc54)cc3)C2)nc2ccccc21. The Morgan fingerprint density at radius 2 is 1.91 bits per heavy atom. The topological polar surface area (TPSA) is 120 Å². The van der Waals surface area contributed by atoms with Crippen LogP contribution in [0, 0.1) is 0 Å². The summed E-state index contributed by atoms with van der Waals surface area (Å²) < 4.78 is 14.6. The van der Waals surface area contributed by atoms with Crippen LogP contribution in [-0.2, 0) is 22.5 Å². The van der Waals surface area contributed by atoms with Crippen LogP contribution in [0.1, 0.15) is 43.0 Å². The molecule has 0 aliphatic carbocycles. The average Bonchev–Trinajstić information content (AvgIpc) is 3.58. The monoisotopic (exact) mass is 596 g/mol. The fraction of sp³-hybridized carbons (Fsp3) is 0.382. The lowest BCUT2D eigenvalue weighted by atomic mass is 9.96. The lowest BCUT2D eigenvalue weighted by Crippen LogP contribution is -2.42. The Bertz CT molecular complexity index is 1800. The number of ether oxygens (including phenoxy) is 2. The number of para-hydroxylation sites is 2. The largest absolute Gasteiger partial charge is 0.497 e. The maximum atomic E-state index is 13.4. The van der Waals surface area contributed by atoms with E-state index in [2.05, 4.69) is 21.7 Å². The van der Waals surface area contributed by atoms with Crippen molar-refractivity contribution in [1.82, 2.24) is 24.0 Å². The van der Waals surface area contributed by atoms with Crippen molar-refractivity contribution in [2.75, 3.05) is 33.9 Å². The fourth-order valence-electron chi connectivity index (χ4n) is 6.40. The number of nitrogens with one attached hydrogen (secondary N) is 1. The summed E-state index contributed by atoms with van der Waals surface area (Å²) in [5.74, 6) is 2.00. The van der Waals surface area contributed by atoms with Gasteiger partial charge in [0.25, 0.3) is 0 Å². The highest BCUT2D eigenvalue weighted by Gasteiger charge is 2.29. The summed E-state index contributed by atoms with van der Waals surface area (Å²) in [6.45, 7) is 2.92. The number of aromatic nitrogens is 4. The van der Waals surface area contributed by atoms with Crippen molar-refractivity contribution >= 4 is 28.0 Å². The van der Waals surface area contributed by atoms with Crippen LogP contribution in [0.3, 0.4) is 0 Å². The standard InChI is InChI=1S/C34H40N6O4/c1-43-18-6-17-39-30-9-4-3-8-28(30)36-33(39)24-7-5-16-38(22-24)32(41)20-25(35)19-23-10-12-26(13-11-23)40-31-21-27(44-2)14-15-29(31)37-34(40)42/h3-4,8-15,21,24-25H,5-7,16-20,22,35H2,1-2H3,(H,37,42). The molecule has 0 saturated carbocycles. The highest BCUT2D eigenvalue weighted by molar-refractivity contribution is 5.79. The van der Waals surface area contributed by atoms with Gasteiger partial charge in [-0.15, -0.1) is 0 Å². The van der Waals surface area contributed by atoms with Crippen LogP contribution < -0.4 is 16.2 Å². The molecule has 6 rings (SSSR count). The summed E-state index contributed by atoms with van der Waals surface area (Å²) in [6.07, 6.45) is 3.69. The number of nitrogens with two attached hydrogens (primary N) is 1. The second-order valence-electron chi connectivity index (χ2n) is 11.6. The summed E-state index contributed by atoms with van der Waals surface area (Å²) >= 11 is 0. The van der Waals surface area contributed by atoms with E-state index in [4.69, 9.17) is 20.2 Å². The fourth-order valence-corrected chi connectivity index (χ4v) is 6.40. The molecule has 230 valence electrons. The van der Waals surface area contributed by atoms with Crippen LogP contribution >= 0.6 is 0 Å². The molecule has 1 saturated heterocycles. The second kappa shape index (κ2) is 13.1. The average molecular weight is 597 g/mol. The number of aryl methyl sites for hydroxylation is 1. The maximum absolute atomic E-state index is 13.4. The molecule has 1 aliphatic heterocycles. The van der Waals surface area contributed by atoms with Crippen LogP contribution in [0.5, 0.6) is 5.75 Å². The predicted molar refractivity (Wildman–Crippen MR) is 172 cm³/mol. The van der Waals surface area contributed by atoms with Crippen molar-refractivity contribution in [3.63, 3.8) is 0 Å². The number of benzene rings is 3. The minimum absolute atomic E-state index is 0.0835. The summed E-state index contributed by atoms with van der Waals surface area (Å²) in [6, 6.07) is 21.2. The van der Waals surface area contributed by atoms with Crippen LogP contribution in [0.25, 0.3) is 27.8 Å². The van der Waals surface area contributed by atoms with Crippen LogP contribution in [-0.4, -0.2) is 69.9 Å². The Labute approximate surface area is 256 Å². The molecule has 0 spiro atoms. The van der Waals surface area contributed by atoms with E-state index in [9.17, 15) is 9.59 Å². The molecule has 1 aliphatic rings. The van der Waals surface area contributed by atoms with E-state index in [0.717, 1.165) is 71.5 Å². The van der Waals surface area contributed by atoms with Gasteiger partial charge in [-0.3, -0.25) is 9.36 Å². The first kappa shape index (κ1) is 29.7. The van der Waals surface area contributed by atoms with Gasteiger partial charge in [-0.2, -0.15) is 0 Å². The molecule has 3 N–H and O–H groups in total. The number of carbonyl (C=O) groups excluding carboxylic acids is 1. The van der Waals surface area contributed by atoms with E-state index in [0.29, 0.717) is 25.3 Å². The molecular formula is C34H40N6O4. The van der Waals surface area contributed by atoms with Gasteiger partial charge in [-0.05, 0) is 67.6 Å². The lowest BCUT2D eigenvalue weighted by Gasteiger charge is -2.33. The van der Waals surface area contributed by atoms with Gasteiger partial charge in [-0.1, -0.05) is 24.3 Å². The number of fused-ring (bicyclic) bond motifs is 2. The Hall–Kier alpha value is -4.41. The zero-order valence-electron chi connectivity index (χ0n) is 25.4. The van der Waals surface area contributed by atoms with Crippen molar-refractivity contribution in [1.29, 1.82) is 0 Å². The minimum atomic E-state index is -0.313. The second-order valence-corrected chi connectivity index (χ2v) is 11.6. The molecule has 2 atom stereocenters. The number of likely N-dealkylation sites (tertiary alicyclic amines) is 1. The van der Waals surface area contributed by atoms with Crippen molar-refractivity contribution < 1.29 is 14.3 Å². The number of H-pyrrole nitrogens is 1. The van der Waals surface area contributed by atoms with Crippen molar-refractivity contribution in [2.24, 2.45) is 5.73 Å². The van der Waals surface area contributed by atoms with Gasteiger partial charge in [0.2, 0.25) is 5.91 Å². The zero-order valence-corrected chi connectivity index (χ0v) is 25.4. The molecule has 2 unspecified atom stereocenters. The minimum Gasteiger partial charge on any atom is -0.497 e. The molecule has 10 nitrogen and oxygen atoms in total. The van der Waals surface area contributed by atoms with Crippen LogP contribution in [0.15, 0.2) is 71.5 Å². The van der Waals surface area contributed by atoms with Crippen molar-refractivity contribution in [3.8, 4) is 11.4 Å². The summed E-state index contributed by atoms with van der Waals surface area (Å²) in [5.41, 5.74) is 11.7. The number of amides is 1. The summed E-state index contributed by atoms with van der Waals surface area (Å²) in [4.78, 5) is 36.0. The normalized spacial score (nSPS) is 16.1. The zero-order chi connectivity index (χ0) is 30.6. The number of hydrogen-bond donors (Lipinski definition) is 2. The molecule has 5 aromatic rings. The van der Waals surface area contributed by atoms with Crippen LogP contribution in [0.2, 0.25) is 0 Å². The first-order chi connectivity index (χ1) is 21.4.